The second kappa shape index (κ2) is 4.83. The number of anilines is 1. The number of halogens is 3. The maximum absolute atomic E-state index is 12.3. The van der Waals surface area contributed by atoms with Crippen molar-refractivity contribution in [3.63, 3.8) is 0 Å². The molecule has 5 heteroatoms. The maximum atomic E-state index is 12.3. The third-order valence-electron chi connectivity index (χ3n) is 1.87. The summed E-state index contributed by atoms with van der Waals surface area (Å²) in [6.07, 6.45) is -3.63. The first-order valence-electron chi connectivity index (χ1n) is 4.51. The Morgan fingerprint density at radius 1 is 1.31 bits per heavy atom. The van der Waals surface area contributed by atoms with Crippen LogP contribution in [0.15, 0.2) is 43.0 Å². The van der Waals surface area contributed by atoms with Gasteiger partial charge in [-0.2, -0.15) is 13.2 Å². The van der Waals surface area contributed by atoms with E-state index in [1.807, 2.05) is 0 Å². The van der Waals surface area contributed by atoms with Crippen LogP contribution in [-0.2, 0) is 4.79 Å². The van der Waals surface area contributed by atoms with Crippen molar-refractivity contribution in [2.24, 2.45) is 0 Å². The van der Waals surface area contributed by atoms with Crippen LogP contribution < -0.4 is 4.90 Å². The number of benzene rings is 1. The molecule has 0 fully saturated rings. The van der Waals surface area contributed by atoms with Crippen LogP contribution in [0.1, 0.15) is 0 Å². The number of alkyl halides is 3. The molecule has 1 rings (SSSR count). The summed E-state index contributed by atoms with van der Waals surface area (Å²) in [6.45, 7) is 3.15. The number of carbonyl (C=O) groups is 1. The molecule has 0 saturated carbocycles. The van der Waals surface area contributed by atoms with E-state index in [4.69, 9.17) is 0 Å². The van der Waals surface area contributed by atoms with Crippen molar-refractivity contribution in [1.82, 2.24) is 0 Å². The zero-order chi connectivity index (χ0) is 12.2. The minimum absolute atomic E-state index is 0.178. The largest absolute Gasteiger partial charge is 0.471 e. The van der Waals surface area contributed by atoms with Gasteiger partial charge in [-0.25, -0.2) is 0 Å². The van der Waals surface area contributed by atoms with Crippen LogP contribution in [-0.4, -0.2) is 18.6 Å². The van der Waals surface area contributed by atoms with E-state index in [0.717, 1.165) is 0 Å². The normalized spacial score (nSPS) is 10.9. The van der Waals surface area contributed by atoms with Crippen LogP contribution in [0.5, 0.6) is 0 Å². The number of nitrogens with zero attached hydrogens (tertiary/aromatic N) is 1. The summed E-state index contributed by atoms with van der Waals surface area (Å²) in [6, 6.07) is 7.66. The smallest absolute Gasteiger partial charge is 0.301 e. The minimum Gasteiger partial charge on any atom is -0.301 e. The van der Waals surface area contributed by atoms with Crippen LogP contribution in [0.2, 0.25) is 0 Å². The Morgan fingerprint density at radius 2 is 1.88 bits per heavy atom. The Bertz CT molecular complexity index is 373. The van der Waals surface area contributed by atoms with E-state index < -0.39 is 12.1 Å². The highest BCUT2D eigenvalue weighted by Crippen LogP contribution is 2.23. The number of amides is 1. The molecule has 86 valence electrons. The molecule has 0 aliphatic heterocycles. The van der Waals surface area contributed by atoms with E-state index in [-0.39, 0.29) is 12.2 Å². The van der Waals surface area contributed by atoms with Crippen molar-refractivity contribution in [3.05, 3.63) is 43.0 Å². The van der Waals surface area contributed by atoms with Crippen molar-refractivity contribution in [2.75, 3.05) is 11.4 Å². The number of rotatable bonds is 3. The van der Waals surface area contributed by atoms with Crippen molar-refractivity contribution >= 4 is 11.6 Å². The predicted molar refractivity (Wildman–Crippen MR) is 55.0 cm³/mol. The van der Waals surface area contributed by atoms with Gasteiger partial charge in [0.15, 0.2) is 0 Å². The number of hydrogen-bond acceptors (Lipinski definition) is 1. The molecule has 0 aliphatic rings. The minimum atomic E-state index is -4.88. The SMILES string of the molecule is C=CCN(C(=O)C(F)(F)F)c1ccccc1. The lowest BCUT2D eigenvalue weighted by molar-refractivity contribution is -0.170. The van der Waals surface area contributed by atoms with E-state index in [1.54, 1.807) is 18.2 Å². The Labute approximate surface area is 91.0 Å². The van der Waals surface area contributed by atoms with Gasteiger partial charge in [-0.15, -0.1) is 6.58 Å². The standard InChI is InChI=1S/C11H10F3NO/c1-2-8-15(10(16)11(12,13)14)9-6-4-3-5-7-9/h2-7H,1,8H2. The number of para-hydroxylation sites is 1. The van der Waals surface area contributed by atoms with E-state index >= 15 is 0 Å². The first-order chi connectivity index (χ1) is 7.46. The van der Waals surface area contributed by atoms with Gasteiger partial charge in [0, 0.05) is 12.2 Å². The molecule has 0 bridgehead atoms. The molecule has 1 amide bonds. The first kappa shape index (κ1) is 12.3. The molecular formula is C11H10F3NO. The van der Waals surface area contributed by atoms with Crippen LogP contribution in [0.4, 0.5) is 18.9 Å². The van der Waals surface area contributed by atoms with Gasteiger partial charge in [0.2, 0.25) is 0 Å². The summed E-state index contributed by atoms with van der Waals surface area (Å²) in [5.74, 6) is -1.89. The average molecular weight is 229 g/mol. The van der Waals surface area contributed by atoms with Gasteiger partial charge in [-0.1, -0.05) is 24.3 Å². The zero-order valence-corrected chi connectivity index (χ0v) is 8.37. The van der Waals surface area contributed by atoms with Gasteiger partial charge in [0.05, 0.1) is 0 Å². The van der Waals surface area contributed by atoms with Crippen molar-refractivity contribution in [3.8, 4) is 0 Å². The molecular weight excluding hydrogens is 219 g/mol. The Hall–Kier alpha value is -1.78. The fraction of sp³-hybridized carbons (Fsp3) is 0.182. The molecule has 0 spiro atoms. The summed E-state index contributed by atoms with van der Waals surface area (Å²) < 4.78 is 36.8. The molecule has 16 heavy (non-hydrogen) atoms. The van der Waals surface area contributed by atoms with E-state index in [2.05, 4.69) is 6.58 Å². The monoisotopic (exact) mass is 229 g/mol. The lowest BCUT2D eigenvalue weighted by atomic mass is 10.2. The van der Waals surface area contributed by atoms with Gasteiger partial charge < -0.3 is 4.90 Å². The van der Waals surface area contributed by atoms with Gasteiger partial charge in [0.25, 0.3) is 0 Å². The summed E-state index contributed by atoms with van der Waals surface area (Å²) in [7, 11) is 0. The van der Waals surface area contributed by atoms with Crippen LogP contribution in [0, 0.1) is 0 Å². The third kappa shape index (κ3) is 2.85. The molecule has 0 aromatic heterocycles. The second-order valence-electron chi connectivity index (χ2n) is 3.04. The summed E-state index contributed by atoms with van der Waals surface area (Å²) in [5.41, 5.74) is 0.199. The van der Waals surface area contributed by atoms with E-state index in [9.17, 15) is 18.0 Å². The Morgan fingerprint density at radius 3 is 2.31 bits per heavy atom. The van der Waals surface area contributed by atoms with Crippen LogP contribution >= 0.6 is 0 Å². The lowest BCUT2D eigenvalue weighted by Gasteiger charge is -2.22. The van der Waals surface area contributed by atoms with E-state index in [0.29, 0.717) is 4.90 Å². The van der Waals surface area contributed by atoms with Crippen molar-refractivity contribution in [2.45, 2.75) is 6.18 Å². The quantitative estimate of drug-likeness (QED) is 0.730. The van der Waals surface area contributed by atoms with Crippen molar-refractivity contribution < 1.29 is 18.0 Å². The van der Waals surface area contributed by atoms with Gasteiger partial charge in [-0.05, 0) is 12.1 Å². The Balaban J connectivity index is 3.01. The first-order valence-corrected chi connectivity index (χ1v) is 4.51. The summed E-state index contributed by atoms with van der Waals surface area (Å²) in [5, 5.41) is 0. The summed E-state index contributed by atoms with van der Waals surface area (Å²) in [4.78, 5) is 11.7. The Kier molecular flexibility index (Phi) is 3.71. The van der Waals surface area contributed by atoms with Crippen LogP contribution in [0.25, 0.3) is 0 Å². The topological polar surface area (TPSA) is 20.3 Å². The molecule has 2 nitrogen and oxygen atoms in total. The molecule has 0 atom stereocenters. The average Bonchev–Trinajstić information content (AvgIpc) is 2.25. The highest BCUT2D eigenvalue weighted by Gasteiger charge is 2.42. The van der Waals surface area contributed by atoms with Gasteiger partial charge in [0.1, 0.15) is 0 Å². The molecule has 0 N–H and O–H groups in total. The summed E-state index contributed by atoms with van der Waals surface area (Å²) >= 11 is 0. The molecule has 0 radical (unpaired) electrons. The number of carbonyl (C=O) groups excluding carboxylic acids is 1. The fourth-order valence-corrected chi connectivity index (χ4v) is 1.20. The van der Waals surface area contributed by atoms with Crippen LogP contribution in [0.3, 0.4) is 0 Å². The highest BCUT2D eigenvalue weighted by atomic mass is 19.4. The van der Waals surface area contributed by atoms with E-state index in [1.165, 1.54) is 18.2 Å². The molecule has 0 saturated heterocycles. The highest BCUT2D eigenvalue weighted by molar-refractivity contribution is 5.97. The maximum Gasteiger partial charge on any atom is 0.471 e. The van der Waals surface area contributed by atoms with Gasteiger partial charge >= 0.3 is 12.1 Å². The zero-order valence-electron chi connectivity index (χ0n) is 8.37. The van der Waals surface area contributed by atoms with Crippen molar-refractivity contribution in [1.29, 1.82) is 0 Å². The predicted octanol–water partition coefficient (Wildman–Crippen LogP) is 2.77. The van der Waals surface area contributed by atoms with Gasteiger partial charge in [-0.3, -0.25) is 4.79 Å². The number of hydrogen-bond donors (Lipinski definition) is 0. The molecule has 1 aromatic rings. The third-order valence-corrected chi connectivity index (χ3v) is 1.87. The molecule has 1 aromatic carbocycles. The molecule has 0 heterocycles. The molecule has 0 unspecified atom stereocenters. The molecule has 0 aliphatic carbocycles. The second-order valence-corrected chi connectivity index (χ2v) is 3.04. The fourth-order valence-electron chi connectivity index (χ4n) is 1.20. The lowest BCUT2D eigenvalue weighted by Crippen LogP contribution is -2.41.